The Morgan fingerprint density at radius 3 is 2.69 bits per heavy atom. The van der Waals surface area contributed by atoms with Crippen LogP contribution in [-0.2, 0) is 6.42 Å². The van der Waals surface area contributed by atoms with Crippen molar-refractivity contribution in [2.45, 2.75) is 38.5 Å². The van der Waals surface area contributed by atoms with E-state index in [4.69, 9.17) is 22.7 Å². The predicted molar refractivity (Wildman–Crippen MR) is 113 cm³/mol. The van der Waals surface area contributed by atoms with Crippen LogP contribution in [0.5, 0.6) is 0 Å². The van der Waals surface area contributed by atoms with Crippen LogP contribution >= 0.6 is 27.5 Å². The summed E-state index contributed by atoms with van der Waals surface area (Å²) in [6.07, 6.45) is 7.33. The zero-order valence-electron chi connectivity index (χ0n) is 15.4. The van der Waals surface area contributed by atoms with Gasteiger partial charge in [0.15, 0.2) is 5.96 Å². The first-order valence-electron chi connectivity index (χ1n) is 9.76. The highest BCUT2D eigenvalue weighted by molar-refractivity contribution is 9.10. The van der Waals surface area contributed by atoms with Gasteiger partial charge in [-0.05, 0) is 93.8 Å². The average Bonchev–Trinajstić information content (AvgIpc) is 2.64. The number of benzene rings is 1. The Bertz CT molecular complexity index is 616. The molecule has 0 amide bonds. The van der Waals surface area contributed by atoms with E-state index < -0.39 is 0 Å². The van der Waals surface area contributed by atoms with Crippen LogP contribution in [0.3, 0.4) is 0 Å². The molecule has 0 aliphatic carbocycles. The molecule has 4 nitrogen and oxygen atoms in total. The van der Waals surface area contributed by atoms with Crippen LogP contribution in [0.4, 0.5) is 0 Å². The summed E-state index contributed by atoms with van der Waals surface area (Å²) in [7, 11) is 0. The summed E-state index contributed by atoms with van der Waals surface area (Å²) in [5, 5.41) is 8.46. The fourth-order valence-electron chi connectivity index (χ4n) is 4.31. The van der Waals surface area contributed by atoms with Gasteiger partial charge in [0.05, 0.1) is 0 Å². The molecular weight excluding hydrogens is 412 g/mol. The first kappa shape index (κ1) is 20.0. The standard InChI is InChI=1S/C20H30BrClN4/c21-19-4-3-18(22)13-17(19)12-15-5-9-25(10-6-15)11-7-16-2-1-8-26(14-16)20(23)24/h3-4,13,15-16H,1-2,5-12,14H2,(H3,23,24). The second-order valence-electron chi connectivity index (χ2n) is 7.85. The van der Waals surface area contributed by atoms with Crippen LogP contribution in [0.25, 0.3) is 0 Å². The maximum atomic E-state index is 7.63. The predicted octanol–water partition coefficient (Wildman–Crippen LogP) is 4.35. The van der Waals surface area contributed by atoms with Crippen molar-refractivity contribution in [2.75, 3.05) is 32.7 Å². The van der Waals surface area contributed by atoms with E-state index in [2.05, 4.69) is 33.0 Å². The van der Waals surface area contributed by atoms with Crippen LogP contribution in [0.1, 0.15) is 37.7 Å². The Kier molecular flexibility index (Phi) is 7.24. The van der Waals surface area contributed by atoms with Crippen LogP contribution in [0.15, 0.2) is 22.7 Å². The van der Waals surface area contributed by atoms with Crippen molar-refractivity contribution in [1.29, 1.82) is 5.41 Å². The summed E-state index contributed by atoms with van der Waals surface area (Å²) in [6.45, 7) is 5.51. The van der Waals surface area contributed by atoms with Gasteiger partial charge in [0, 0.05) is 22.6 Å². The zero-order valence-corrected chi connectivity index (χ0v) is 17.7. The molecule has 2 saturated heterocycles. The monoisotopic (exact) mass is 440 g/mol. The molecule has 0 bridgehead atoms. The molecule has 26 heavy (non-hydrogen) atoms. The fourth-order valence-corrected chi connectivity index (χ4v) is 4.91. The van der Waals surface area contributed by atoms with Gasteiger partial charge in [-0.25, -0.2) is 0 Å². The quantitative estimate of drug-likeness (QED) is 0.527. The number of hydrogen-bond donors (Lipinski definition) is 2. The number of nitrogens with one attached hydrogen (secondary N) is 1. The maximum absolute atomic E-state index is 7.63. The molecule has 0 spiro atoms. The number of halogens is 2. The Morgan fingerprint density at radius 1 is 1.19 bits per heavy atom. The average molecular weight is 442 g/mol. The summed E-state index contributed by atoms with van der Waals surface area (Å²) in [6, 6.07) is 6.10. The minimum Gasteiger partial charge on any atom is -0.370 e. The van der Waals surface area contributed by atoms with E-state index in [1.165, 1.54) is 61.8 Å². The van der Waals surface area contributed by atoms with E-state index in [0.717, 1.165) is 30.5 Å². The van der Waals surface area contributed by atoms with E-state index in [-0.39, 0.29) is 5.96 Å². The molecule has 2 aliphatic heterocycles. The lowest BCUT2D eigenvalue weighted by Crippen LogP contribution is -2.44. The molecule has 1 atom stereocenters. The molecule has 2 fully saturated rings. The third kappa shape index (κ3) is 5.61. The Morgan fingerprint density at radius 2 is 1.96 bits per heavy atom. The van der Waals surface area contributed by atoms with Crippen LogP contribution in [0, 0.1) is 17.2 Å². The number of nitrogens with two attached hydrogens (primary N) is 1. The molecule has 0 radical (unpaired) electrons. The molecule has 0 aromatic heterocycles. The van der Waals surface area contributed by atoms with E-state index >= 15 is 0 Å². The van der Waals surface area contributed by atoms with Crippen molar-refractivity contribution in [3.8, 4) is 0 Å². The molecule has 3 rings (SSSR count). The zero-order chi connectivity index (χ0) is 18.5. The highest BCUT2D eigenvalue weighted by Gasteiger charge is 2.24. The van der Waals surface area contributed by atoms with Crippen molar-refractivity contribution in [1.82, 2.24) is 9.80 Å². The number of likely N-dealkylation sites (tertiary alicyclic amines) is 2. The van der Waals surface area contributed by atoms with Crippen molar-refractivity contribution >= 4 is 33.5 Å². The normalized spacial score (nSPS) is 22.5. The van der Waals surface area contributed by atoms with Gasteiger partial charge < -0.3 is 15.5 Å². The molecule has 1 unspecified atom stereocenters. The highest BCUT2D eigenvalue weighted by Crippen LogP contribution is 2.28. The minimum atomic E-state index is 0.239. The third-order valence-corrected chi connectivity index (χ3v) is 6.95. The largest absolute Gasteiger partial charge is 0.370 e. The first-order chi connectivity index (χ1) is 12.5. The van der Waals surface area contributed by atoms with Gasteiger partial charge in [-0.1, -0.05) is 27.5 Å². The molecule has 144 valence electrons. The molecule has 3 N–H and O–H groups in total. The lowest BCUT2D eigenvalue weighted by atomic mass is 9.89. The lowest BCUT2D eigenvalue weighted by Gasteiger charge is -2.36. The minimum absolute atomic E-state index is 0.239. The number of guanidine groups is 1. The van der Waals surface area contributed by atoms with Crippen molar-refractivity contribution in [3.63, 3.8) is 0 Å². The van der Waals surface area contributed by atoms with Gasteiger partial charge in [0.2, 0.25) is 0 Å². The van der Waals surface area contributed by atoms with Gasteiger partial charge in [-0.15, -0.1) is 0 Å². The van der Waals surface area contributed by atoms with Crippen LogP contribution < -0.4 is 5.73 Å². The van der Waals surface area contributed by atoms with Crippen LogP contribution in [0.2, 0.25) is 5.02 Å². The van der Waals surface area contributed by atoms with Gasteiger partial charge in [0.1, 0.15) is 0 Å². The topological polar surface area (TPSA) is 56.4 Å². The molecule has 2 heterocycles. The lowest BCUT2D eigenvalue weighted by molar-refractivity contribution is 0.158. The Balaban J connectivity index is 1.40. The summed E-state index contributed by atoms with van der Waals surface area (Å²) in [5.41, 5.74) is 6.99. The van der Waals surface area contributed by atoms with Gasteiger partial charge in [-0.3, -0.25) is 5.41 Å². The second-order valence-corrected chi connectivity index (χ2v) is 9.14. The van der Waals surface area contributed by atoms with Crippen molar-refractivity contribution in [2.24, 2.45) is 17.6 Å². The molecule has 0 saturated carbocycles. The number of hydrogen-bond acceptors (Lipinski definition) is 2. The fraction of sp³-hybridized carbons (Fsp3) is 0.650. The van der Waals surface area contributed by atoms with Gasteiger partial charge in [0.25, 0.3) is 0 Å². The first-order valence-corrected chi connectivity index (χ1v) is 10.9. The molecular formula is C20H30BrClN4. The summed E-state index contributed by atoms with van der Waals surface area (Å²) >= 11 is 9.80. The molecule has 6 heteroatoms. The van der Waals surface area contributed by atoms with E-state index in [1.807, 2.05) is 11.0 Å². The molecule has 1 aromatic carbocycles. The van der Waals surface area contributed by atoms with Gasteiger partial charge in [-0.2, -0.15) is 0 Å². The SMILES string of the molecule is N=C(N)N1CCCC(CCN2CCC(Cc3cc(Cl)ccc3Br)CC2)C1. The van der Waals surface area contributed by atoms with Crippen molar-refractivity contribution < 1.29 is 0 Å². The second kappa shape index (κ2) is 9.43. The summed E-state index contributed by atoms with van der Waals surface area (Å²) in [4.78, 5) is 4.65. The smallest absolute Gasteiger partial charge is 0.188 e. The number of piperidine rings is 2. The Labute approximate surface area is 170 Å². The summed E-state index contributed by atoms with van der Waals surface area (Å²) < 4.78 is 1.18. The van der Waals surface area contributed by atoms with E-state index in [0.29, 0.717) is 5.92 Å². The van der Waals surface area contributed by atoms with Gasteiger partial charge >= 0.3 is 0 Å². The highest BCUT2D eigenvalue weighted by atomic mass is 79.9. The maximum Gasteiger partial charge on any atom is 0.188 e. The number of nitrogens with zero attached hydrogens (tertiary/aromatic N) is 2. The third-order valence-electron chi connectivity index (χ3n) is 5.94. The van der Waals surface area contributed by atoms with Crippen molar-refractivity contribution in [3.05, 3.63) is 33.3 Å². The Hall–Kier alpha value is -0.780. The number of rotatable bonds is 5. The van der Waals surface area contributed by atoms with E-state index in [9.17, 15) is 0 Å². The van der Waals surface area contributed by atoms with Crippen LogP contribution in [-0.4, -0.2) is 48.5 Å². The molecule has 2 aliphatic rings. The molecule has 1 aromatic rings. The van der Waals surface area contributed by atoms with E-state index in [1.54, 1.807) is 0 Å². The summed E-state index contributed by atoms with van der Waals surface area (Å²) in [5.74, 6) is 1.68.